The highest BCUT2D eigenvalue weighted by Crippen LogP contribution is 2.28. The number of nitrogens with one attached hydrogen (secondary N) is 1. The summed E-state index contributed by atoms with van der Waals surface area (Å²) >= 11 is 7.44. The minimum Gasteiger partial charge on any atom is -0.384 e. The Labute approximate surface area is 154 Å². The zero-order valence-electron chi connectivity index (χ0n) is 14.0. The number of aromatic nitrogens is 3. The molecule has 0 amide bonds. The summed E-state index contributed by atoms with van der Waals surface area (Å²) in [6.07, 6.45) is 1.68. The maximum absolute atomic E-state index is 12.1. The van der Waals surface area contributed by atoms with Gasteiger partial charge < -0.3 is 10.4 Å². The number of halogens is 1. The summed E-state index contributed by atoms with van der Waals surface area (Å²) in [5, 5.41) is 19.1. The van der Waals surface area contributed by atoms with Crippen LogP contribution in [0.25, 0.3) is 4.96 Å². The fourth-order valence-electron chi connectivity index (χ4n) is 2.55. The molecule has 1 atom stereocenters. The molecule has 0 saturated carbocycles. The molecule has 3 aromatic rings. The minimum absolute atomic E-state index is 0.199. The molecule has 0 spiro atoms. The summed E-state index contributed by atoms with van der Waals surface area (Å²) in [5.41, 5.74) is 0.0225. The third-order valence-electron chi connectivity index (χ3n) is 3.84. The van der Waals surface area contributed by atoms with E-state index < -0.39 is 5.60 Å². The second-order valence-corrected chi connectivity index (χ2v) is 7.41. The molecule has 6 nitrogen and oxygen atoms in total. The fourth-order valence-corrected chi connectivity index (χ4v) is 3.71. The SMILES string of the molecule is CCCc1cc(=O)n2nc(NCC(C)(O)c3ccccc3Cl)sc2n1. The maximum atomic E-state index is 12.1. The van der Waals surface area contributed by atoms with Gasteiger partial charge in [-0.1, -0.05) is 54.5 Å². The zero-order valence-corrected chi connectivity index (χ0v) is 15.6. The van der Waals surface area contributed by atoms with Crippen LogP contribution >= 0.6 is 22.9 Å². The first-order chi connectivity index (χ1) is 11.9. The van der Waals surface area contributed by atoms with Crippen molar-refractivity contribution in [3.05, 3.63) is 57.0 Å². The molecule has 0 saturated heterocycles. The van der Waals surface area contributed by atoms with Gasteiger partial charge in [-0.25, -0.2) is 4.98 Å². The van der Waals surface area contributed by atoms with Gasteiger partial charge in [-0.05, 0) is 19.4 Å². The van der Waals surface area contributed by atoms with E-state index in [0.29, 0.717) is 20.7 Å². The van der Waals surface area contributed by atoms with Gasteiger partial charge in [-0.2, -0.15) is 4.52 Å². The normalized spacial score (nSPS) is 13.8. The van der Waals surface area contributed by atoms with Gasteiger partial charge in [0.25, 0.3) is 5.56 Å². The number of aryl methyl sites for hydroxylation is 1. The molecule has 0 radical (unpaired) electrons. The van der Waals surface area contributed by atoms with E-state index >= 15 is 0 Å². The standard InChI is InChI=1S/C17H19ClN4O2S/c1-3-6-11-9-14(23)22-16(20-11)25-15(21-22)19-10-17(2,24)12-7-4-5-8-13(12)18/h4-5,7-9,24H,3,6,10H2,1-2H3,(H,19,21). The predicted octanol–water partition coefficient (Wildman–Crippen LogP) is 3.08. The molecule has 1 aromatic carbocycles. The van der Waals surface area contributed by atoms with Crippen LogP contribution in [0.2, 0.25) is 5.02 Å². The lowest BCUT2D eigenvalue weighted by atomic mass is 9.96. The Morgan fingerprint density at radius 1 is 1.40 bits per heavy atom. The van der Waals surface area contributed by atoms with Crippen molar-refractivity contribution in [3.63, 3.8) is 0 Å². The van der Waals surface area contributed by atoms with E-state index in [1.807, 2.05) is 19.1 Å². The van der Waals surface area contributed by atoms with Gasteiger partial charge in [-0.3, -0.25) is 4.79 Å². The topological polar surface area (TPSA) is 79.5 Å². The molecule has 2 N–H and O–H groups in total. The largest absolute Gasteiger partial charge is 0.384 e. The van der Waals surface area contributed by atoms with Gasteiger partial charge in [0.1, 0.15) is 5.60 Å². The van der Waals surface area contributed by atoms with Crippen LogP contribution in [-0.2, 0) is 12.0 Å². The number of anilines is 1. The average Bonchev–Trinajstić information content (AvgIpc) is 2.97. The number of benzene rings is 1. The van der Waals surface area contributed by atoms with Gasteiger partial charge >= 0.3 is 0 Å². The number of fused-ring (bicyclic) bond motifs is 1. The fraction of sp³-hybridized carbons (Fsp3) is 0.353. The number of hydrogen-bond donors (Lipinski definition) is 2. The molecular formula is C17H19ClN4O2S. The van der Waals surface area contributed by atoms with Crippen molar-refractivity contribution >= 4 is 33.0 Å². The van der Waals surface area contributed by atoms with Gasteiger partial charge in [0, 0.05) is 28.9 Å². The van der Waals surface area contributed by atoms with Crippen LogP contribution in [0.5, 0.6) is 0 Å². The summed E-state index contributed by atoms with van der Waals surface area (Å²) < 4.78 is 1.27. The van der Waals surface area contributed by atoms with Crippen molar-refractivity contribution in [3.8, 4) is 0 Å². The third kappa shape index (κ3) is 3.84. The molecule has 132 valence electrons. The summed E-state index contributed by atoms with van der Waals surface area (Å²) in [7, 11) is 0. The van der Waals surface area contributed by atoms with Crippen molar-refractivity contribution in [2.24, 2.45) is 0 Å². The smallest absolute Gasteiger partial charge is 0.275 e. The molecule has 8 heteroatoms. The van der Waals surface area contributed by atoms with Crippen LogP contribution in [0.3, 0.4) is 0 Å². The molecule has 0 bridgehead atoms. The quantitative estimate of drug-likeness (QED) is 0.689. The zero-order chi connectivity index (χ0) is 18.0. The Hall–Kier alpha value is -1.96. The van der Waals surface area contributed by atoms with Crippen LogP contribution < -0.4 is 10.9 Å². The van der Waals surface area contributed by atoms with E-state index in [9.17, 15) is 9.90 Å². The van der Waals surface area contributed by atoms with Crippen LogP contribution in [0.1, 0.15) is 31.5 Å². The molecule has 0 fully saturated rings. The summed E-state index contributed by atoms with van der Waals surface area (Å²) in [5.74, 6) is 0. The second-order valence-electron chi connectivity index (χ2n) is 6.04. The van der Waals surface area contributed by atoms with E-state index in [2.05, 4.69) is 15.4 Å². The molecule has 0 aliphatic carbocycles. The van der Waals surface area contributed by atoms with Crippen molar-refractivity contribution in [2.75, 3.05) is 11.9 Å². The number of rotatable bonds is 6. The van der Waals surface area contributed by atoms with Crippen molar-refractivity contribution in [1.29, 1.82) is 0 Å². The van der Waals surface area contributed by atoms with Gasteiger partial charge in [0.15, 0.2) is 0 Å². The summed E-state index contributed by atoms with van der Waals surface area (Å²) in [4.78, 5) is 17.1. The van der Waals surface area contributed by atoms with Gasteiger partial charge in [0.2, 0.25) is 10.1 Å². The predicted molar refractivity (Wildman–Crippen MR) is 101 cm³/mol. The summed E-state index contributed by atoms with van der Waals surface area (Å²) in [6, 6.07) is 8.67. The minimum atomic E-state index is -1.18. The van der Waals surface area contributed by atoms with Crippen LogP contribution in [0.15, 0.2) is 35.1 Å². The Morgan fingerprint density at radius 3 is 2.88 bits per heavy atom. The van der Waals surface area contributed by atoms with E-state index in [1.54, 1.807) is 19.1 Å². The van der Waals surface area contributed by atoms with Crippen molar-refractivity contribution in [2.45, 2.75) is 32.3 Å². The third-order valence-corrected chi connectivity index (χ3v) is 5.04. The molecule has 1 unspecified atom stereocenters. The summed E-state index contributed by atoms with van der Waals surface area (Å²) in [6.45, 7) is 3.92. The van der Waals surface area contributed by atoms with Crippen LogP contribution in [0.4, 0.5) is 5.13 Å². The Bertz CT molecular complexity index is 951. The Morgan fingerprint density at radius 2 is 2.16 bits per heavy atom. The molecular weight excluding hydrogens is 360 g/mol. The Balaban J connectivity index is 1.82. The number of aliphatic hydroxyl groups is 1. The van der Waals surface area contributed by atoms with Crippen LogP contribution in [-0.4, -0.2) is 26.2 Å². The van der Waals surface area contributed by atoms with Gasteiger partial charge in [-0.15, -0.1) is 5.10 Å². The second kappa shape index (κ2) is 7.11. The van der Waals surface area contributed by atoms with Gasteiger partial charge in [0.05, 0.1) is 0 Å². The van der Waals surface area contributed by atoms with Crippen LogP contribution in [0, 0.1) is 0 Å². The maximum Gasteiger partial charge on any atom is 0.275 e. The highest BCUT2D eigenvalue weighted by Gasteiger charge is 2.25. The molecule has 3 rings (SSSR count). The van der Waals surface area contributed by atoms with Crippen molar-refractivity contribution in [1.82, 2.24) is 14.6 Å². The highest BCUT2D eigenvalue weighted by molar-refractivity contribution is 7.20. The average molecular weight is 379 g/mol. The number of nitrogens with zero attached hydrogens (tertiary/aromatic N) is 3. The Kier molecular flexibility index (Phi) is 5.08. The number of hydrogen-bond acceptors (Lipinski definition) is 6. The highest BCUT2D eigenvalue weighted by atomic mass is 35.5. The first-order valence-corrected chi connectivity index (χ1v) is 9.21. The van der Waals surface area contributed by atoms with E-state index in [1.165, 1.54) is 21.9 Å². The van der Waals surface area contributed by atoms with E-state index in [0.717, 1.165) is 18.5 Å². The molecule has 2 heterocycles. The first kappa shape index (κ1) is 17.8. The molecule has 2 aromatic heterocycles. The monoisotopic (exact) mass is 378 g/mol. The van der Waals surface area contributed by atoms with Crippen molar-refractivity contribution < 1.29 is 5.11 Å². The lowest BCUT2D eigenvalue weighted by Crippen LogP contribution is -2.31. The molecule has 0 aliphatic heterocycles. The lowest BCUT2D eigenvalue weighted by molar-refractivity contribution is 0.0716. The van der Waals surface area contributed by atoms with E-state index in [-0.39, 0.29) is 12.1 Å². The first-order valence-electron chi connectivity index (χ1n) is 8.02. The molecule has 0 aliphatic rings. The lowest BCUT2D eigenvalue weighted by Gasteiger charge is -2.24. The van der Waals surface area contributed by atoms with E-state index in [4.69, 9.17) is 11.6 Å². The molecule has 25 heavy (non-hydrogen) atoms.